The van der Waals surface area contributed by atoms with Crippen LogP contribution in [-0.4, -0.2) is 55.8 Å². The summed E-state index contributed by atoms with van der Waals surface area (Å²) in [6.45, 7) is 7.35. The molecule has 7 heteroatoms. The Balaban J connectivity index is 1.64. The number of hydrogen-bond donors (Lipinski definition) is 0. The van der Waals surface area contributed by atoms with Crippen molar-refractivity contribution in [3.05, 3.63) is 41.7 Å². The first-order chi connectivity index (χ1) is 12.6. The molecule has 1 aliphatic heterocycles. The molecule has 2 aromatic rings. The zero-order valence-corrected chi connectivity index (χ0v) is 15.4. The Kier molecular flexibility index (Phi) is 5.55. The lowest BCUT2D eigenvalue weighted by molar-refractivity contribution is 0.0524. The summed E-state index contributed by atoms with van der Waals surface area (Å²) in [5.74, 6) is 1.14. The van der Waals surface area contributed by atoms with Gasteiger partial charge in [0.1, 0.15) is 5.75 Å². The van der Waals surface area contributed by atoms with E-state index >= 15 is 0 Å². The number of anilines is 2. The zero-order chi connectivity index (χ0) is 18.5. The zero-order valence-electron chi connectivity index (χ0n) is 15.4. The number of rotatable bonds is 5. The average Bonchev–Trinajstić information content (AvgIpc) is 2.68. The Labute approximate surface area is 153 Å². The summed E-state index contributed by atoms with van der Waals surface area (Å²) in [6.07, 6.45) is 1.56. The van der Waals surface area contributed by atoms with Crippen molar-refractivity contribution in [1.29, 1.82) is 0 Å². The topological polar surface area (TPSA) is 67.8 Å². The van der Waals surface area contributed by atoms with Gasteiger partial charge in [-0.1, -0.05) is 0 Å². The van der Waals surface area contributed by atoms with Crippen LogP contribution in [0.5, 0.6) is 5.75 Å². The molecule has 0 N–H and O–H groups in total. The highest BCUT2D eigenvalue weighted by Crippen LogP contribution is 2.22. The van der Waals surface area contributed by atoms with Gasteiger partial charge in [0, 0.05) is 38.1 Å². The monoisotopic (exact) mass is 356 g/mol. The molecule has 7 nitrogen and oxygen atoms in total. The Morgan fingerprint density at radius 2 is 1.77 bits per heavy atom. The number of benzene rings is 1. The van der Waals surface area contributed by atoms with Crippen LogP contribution in [0.1, 0.15) is 23.0 Å². The maximum absolute atomic E-state index is 11.9. The van der Waals surface area contributed by atoms with Crippen molar-refractivity contribution < 1.29 is 14.3 Å². The van der Waals surface area contributed by atoms with Crippen molar-refractivity contribution in [3.8, 4) is 5.75 Å². The first-order valence-corrected chi connectivity index (χ1v) is 8.77. The summed E-state index contributed by atoms with van der Waals surface area (Å²) in [5.41, 5.74) is 2.25. The fourth-order valence-corrected chi connectivity index (χ4v) is 2.97. The number of nitrogens with zero attached hydrogens (tertiary/aromatic N) is 4. The van der Waals surface area contributed by atoms with Gasteiger partial charge in [0.05, 0.1) is 25.0 Å². The molecule has 2 heterocycles. The standard InChI is InChI=1S/C19H24N4O3/c1-4-26-18(24)17-13-20-19(21-14(17)2)23-11-9-22(10-12-23)15-5-7-16(25-3)8-6-15/h5-8,13H,4,9-12H2,1-3H3. The van der Waals surface area contributed by atoms with Gasteiger partial charge in [0.25, 0.3) is 0 Å². The number of methoxy groups -OCH3 is 1. The molecule has 0 aliphatic carbocycles. The Bertz CT molecular complexity index is 756. The molecule has 0 radical (unpaired) electrons. The molecule has 1 fully saturated rings. The SMILES string of the molecule is CCOC(=O)c1cnc(N2CCN(c3ccc(OC)cc3)CC2)nc1C. The minimum Gasteiger partial charge on any atom is -0.497 e. The van der Waals surface area contributed by atoms with Crippen molar-refractivity contribution in [1.82, 2.24) is 9.97 Å². The predicted molar refractivity (Wildman–Crippen MR) is 100 cm³/mol. The molecule has 1 aliphatic rings. The van der Waals surface area contributed by atoms with Crippen LogP contribution in [0.15, 0.2) is 30.5 Å². The van der Waals surface area contributed by atoms with E-state index in [2.05, 4.69) is 31.9 Å². The van der Waals surface area contributed by atoms with Crippen molar-refractivity contribution in [2.45, 2.75) is 13.8 Å². The number of aryl methyl sites for hydroxylation is 1. The predicted octanol–water partition coefficient (Wildman–Crippen LogP) is 2.30. The summed E-state index contributed by atoms with van der Waals surface area (Å²) >= 11 is 0. The first kappa shape index (κ1) is 18.0. The second kappa shape index (κ2) is 8.03. The van der Waals surface area contributed by atoms with Gasteiger partial charge in [-0.2, -0.15) is 0 Å². The van der Waals surface area contributed by atoms with Crippen molar-refractivity contribution in [3.63, 3.8) is 0 Å². The third kappa shape index (κ3) is 3.87. The van der Waals surface area contributed by atoms with Crippen molar-refractivity contribution in [2.24, 2.45) is 0 Å². The van der Waals surface area contributed by atoms with E-state index in [0.717, 1.165) is 31.9 Å². The molecule has 0 amide bonds. The quantitative estimate of drug-likeness (QED) is 0.762. The van der Waals surface area contributed by atoms with Gasteiger partial charge in [0.15, 0.2) is 0 Å². The Morgan fingerprint density at radius 3 is 2.35 bits per heavy atom. The van der Waals surface area contributed by atoms with Crippen molar-refractivity contribution >= 4 is 17.6 Å². The van der Waals surface area contributed by atoms with Gasteiger partial charge in [0.2, 0.25) is 5.95 Å². The smallest absolute Gasteiger partial charge is 0.341 e. The summed E-state index contributed by atoms with van der Waals surface area (Å²) in [6, 6.07) is 8.09. The van der Waals surface area contributed by atoms with Gasteiger partial charge in [-0.15, -0.1) is 0 Å². The van der Waals surface area contributed by atoms with Gasteiger partial charge in [-0.25, -0.2) is 14.8 Å². The van der Waals surface area contributed by atoms with Crippen LogP contribution in [0.3, 0.4) is 0 Å². The van der Waals surface area contributed by atoms with E-state index in [0.29, 0.717) is 23.8 Å². The highest BCUT2D eigenvalue weighted by Gasteiger charge is 2.21. The number of ether oxygens (including phenoxy) is 2. The highest BCUT2D eigenvalue weighted by atomic mass is 16.5. The van der Waals surface area contributed by atoms with Crippen LogP contribution in [0, 0.1) is 6.92 Å². The highest BCUT2D eigenvalue weighted by molar-refractivity contribution is 5.90. The average molecular weight is 356 g/mol. The van der Waals surface area contributed by atoms with E-state index < -0.39 is 0 Å². The van der Waals surface area contributed by atoms with Crippen LogP contribution < -0.4 is 14.5 Å². The van der Waals surface area contributed by atoms with E-state index in [4.69, 9.17) is 9.47 Å². The number of carbonyl (C=O) groups is 1. The largest absolute Gasteiger partial charge is 0.497 e. The fraction of sp³-hybridized carbons (Fsp3) is 0.421. The third-order valence-corrected chi connectivity index (χ3v) is 4.46. The molecule has 1 saturated heterocycles. The Morgan fingerprint density at radius 1 is 1.12 bits per heavy atom. The molecule has 3 rings (SSSR count). The van der Waals surface area contributed by atoms with Gasteiger partial charge >= 0.3 is 5.97 Å². The number of carbonyl (C=O) groups excluding carboxylic acids is 1. The summed E-state index contributed by atoms with van der Waals surface area (Å²) in [5, 5.41) is 0. The van der Waals surface area contributed by atoms with E-state index in [9.17, 15) is 4.79 Å². The minimum absolute atomic E-state index is 0.341. The number of esters is 1. The number of piperazine rings is 1. The second-order valence-corrected chi connectivity index (χ2v) is 6.06. The van der Waals surface area contributed by atoms with Crippen LogP contribution in [-0.2, 0) is 4.74 Å². The molecule has 138 valence electrons. The third-order valence-electron chi connectivity index (χ3n) is 4.46. The van der Waals surface area contributed by atoms with Crippen molar-refractivity contribution in [2.75, 3.05) is 49.7 Å². The number of aromatic nitrogens is 2. The fourth-order valence-electron chi connectivity index (χ4n) is 2.97. The molecule has 0 saturated carbocycles. The summed E-state index contributed by atoms with van der Waals surface area (Å²) in [7, 11) is 1.67. The normalized spacial score (nSPS) is 14.3. The van der Waals surface area contributed by atoms with Crippen LogP contribution in [0.25, 0.3) is 0 Å². The van der Waals surface area contributed by atoms with Gasteiger partial charge in [-0.05, 0) is 38.1 Å². The maximum atomic E-state index is 11.9. The minimum atomic E-state index is -0.374. The molecule has 0 atom stereocenters. The lowest BCUT2D eigenvalue weighted by atomic mass is 10.2. The molecule has 0 spiro atoms. The second-order valence-electron chi connectivity index (χ2n) is 6.06. The van der Waals surface area contributed by atoms with Crippen LogP contribution in [0.4, 0.5) is 11.6 Å². The molecule has 1 aromatic carbocycles. The van der Waals surface area contributed by atoms with E-state index in [1.807, 2.05) is 19.1 Å². The first-order valence-electron chi connectivity index (χ1n) is 8.77. The molecule has 1 aromatic heterocycles. The molecule has 26 heavy (non-hydrogen) atoms. The lowest BCUT2D eigenvalue weighted by Crippen LogP contribution is -2.47. The van der Waals surface area contributed by atoms with Crippen LogP contribution >= 0.6 is 0 Å². The molecule has 0 bridgehead atoms. The molecular formula is C19H24N4O3. The van der Waals surface area contributed by atoms with Gasteiger partial charge < -0.3 is 19.3 Å². The molecule has 0 unspecified atom stereocenters. The Hall–Kier alpha value is -2.83. The number of hydrogen-bond acceptors (Lipinski definition) is 7. The van der Waals surface area contributed by atoms with E-state index in [1.54, 1.807) is 20.2 Å². The van der Waals surface area contributed by atoms with Crippen LogP contribution in [0.2, 0.25) is 0 Å². The summed E-state index contributed by atoms with van der Waals surface area (Å²) in [4.78, 5) is 25.2. The van der Waals surface area contributed by atoms with Gasteiger partial charge in [-0.3, -0.25) is 0 Å². The summed E-state index contributed by atoms with van der Waals surface area (Å²) < 4.78 is 10.2. The lowest BCUT2D eigenvalue weighted by Gasteiger charge is -2.36. The van der Waals surface area contributed by atoms with E-state index in [-0.39, 0.29) is 5.97 Å². The molecular weight excluding hydrogens is 332 g/mol. The van der Waals surface area contributed by atoms with E-state index in [1.165, 1.54) is 5.69 Å². The maximum Gasteiger partial charge on any atom is 0.341 e.